The maximum absolute atomic E-state index is 13.3. The van der Waals surface area contributed by atoms with Gasteiger partial charge in [0.15, 0.2) is 6.61 Å². The van der Waals surface area contributed by atoms with Gasteiger partial charge in [-0.15, -0.1) is 0 Å². The first kappa shape index (κ1) is 23.8. The summed E-state index contributed by atoms with van der Waals surface area (Å²) >= 11 is 2.22. The van der Waals surface area contributed by atoms with E-state index in [0.29, 0.717) is 18.7 Å². The zero-order valence-electron chi connectivity index (χ0n) is 18.3. The fourth-order valence-corrected chi connectivity index (χ4v) is 3.73. The van der Waals surface area contributed by atoms with Gasteiger partial charge in [0, 0.05) is 23.6 Å². The first-order chi connectivity index (χ1) is 15.5. The van der Waals surface area contributed by atoms with Crippen molar-refractivity contribution < 1.29 is 14.3 Å². The molecule has 0 aliphatic rings. The smallest absolute Gasteiger partial charge is 0.261 e. The third-order valence-electron chi connectivity index (χ3n) is 5.17. The van der Waals surface area contributed by atoms with Gasteiger partial charge in [0.05, 0.1) is 0 Å². The van der Waals surface area contributed by atoms with E-state index in [0.717, 1.165) is 20.3 Å². The van der Waals surface area contributed by atoms with E-state index in [1.165, 1.54) is 0 Å². The number of likely N-dealkylation sites (N-methyl/N-ethyl adjacent to an activating group) is 1. The van der Waals surface area contributed by atoms with Crippen LogP contribution in [0.15, 0.2) is 78.9 Å². The molecular weight excluding hydrogens is 515 g/mol. The first-order valence-electron chi connectivity index (χ1n) is 10.4. The van der Waals surface area contributed by atoms with Crippen LogP contribution in [-0.2, 0) is 22.6 Å². The van der Waals surface area contributed by atoms with Gasteiger partial charge in [-0.2, -0.15) is 0 Å². The number of nitrogens with zero attached hydrogens (tertiary/aromatic N) is 1. The van der Waals surface area contributed by atoms with E-state index in [4.69, 9.17) is 4.74 Å². The summed E-state index contributed by atoms with van der Waals surface area (Å²) in [5, 5.41) is 2.72. The molecule has 0 aliphatic carbocycles. The lowest BCUT2D eigenvalue weighted by Gasteiger charge is -2.31. The molecular formula is C26H27IN2O3. The molecule has 0 saturated heterocycles. The Morgan fingerprint density at radius 2 is 1.59 bits per heavy atom. The number of amides is 2. The van der Waals surface area contributed by atoms with Crippen molar-refractivity contribution in [3.63, 3.8) is 0 Å². The summed E-state index contributed by atoms with van der Waals surface area (Å²) in [5.74, 6) is 0.172. The monoisotopic (exact) mass is 542 g/mol. The fraction of sp³-hybridized carbons (Fsp3) is 0.231. The summed E-state index contributed by atoms with van der Waals surface area (Å²) < 4.78 is 6.84. The molecule has 3 rings (SSSR count). The van der Waals surface area contributed by atoms with Crippen LogP contribution in [0.2, 0.25) is 0 Å². The van der Waals surface area contributed by atoms with Crippen LogP contribution in [0.5, 0.6) is 5.75 Å². The quantitative estimate of drug-likeness (QED) is 0.409. The van der Waals surface area contributed by atoms with E-state index in [-0.39, 0.29) is 18.4 Å². The number of carbonyl (C=O) groups is 2. The number of hydrogen-bond donors (Lipinski definition) is 1. The molecule has 5 nitrogen and oxygen atoms in total. The second kappa shape index (κ2) is 11.7. The number of ether oxygens (including phenoxy) is 1. The predicted octanol–water partition coefficient (Wildman–Crippen LogP) is 4.36. The number of benzene rings is 3. The summed E-state index contributed by atoms with van der Waals surface area (Å²) in [6.45, 7) is 2.19. The van der Waals surface area contributed by atoms with Crippen molar-refractivity contribution in [2.75, 3.05) is 13.7 Å². The lowest BCUT2D eigenvalue weighted by atomic mass is 10.0. The summed E-state index contributed by atoms with van der Waals surface area (Å²) in [4.78, 5) is 27.8. The Labute approximate surface area is 202 Å². The molecule has 0 fully saturated rings. The highest BCUT2D eigenvalue weighted by Crippen LogP contribution is 2.17. The molecule has 3 aromatic rings. The minimum atomic E-state index is -0.656. The van der Waals surface area contributed by atoms with E-state index in [1.807, 2.05) is 85.8 Å². The van der Waals surface area contributed by atoms with Crippen LogP contribution < -0.4 is 10.1 Å². The lowest BCUT2D eigenvalue weighted by molar-refractivity contribution is -0.142. The van der Waals surface area contributed by atoms with Crippen LogP contribution in [0.25, 0.3) is 0 Å². The van der Waals surface area contributed by atoms with Gasteiger partial charge in [0.25, 0.3) is 5.91 Å². The van der Waals surface area contributed by atoms with Gasteiger partial charge >= 0.3 is 0 Å². The summed E-state index contributed by atoms with van der Waals surface area (Å²) in [6.07, 6.45) is 0.418. The van der Waals surface area contributed by atoms with E-state index in [1.54, 1.807) is 11.9 Å². The van der Waals surface area contributed by atoms with Gasteiger partial charge in [0.2, 0.25) is 5.91 Å². The molecule has 1 N–H and O–H groups in total. The van der Waals surface area contributed by atoms with Crippen molar-refractivity contribution in [2.45, 2.75) is 25.9 Å². The molecule has 0 spiro atoms. The molecule has 0 bridgehead atoms. The van der Waals surface area contributed by atoms with E-state index in [9.17, 15) is 9.59 Å². The highest BCUT2D eigenvalue weighted by molar-refractivity contribution is 14.1. The number of hydrogen-bond acceptors (Lipinski definition) is 3. The Hall–Kier alpha value is -2.87. The maximum atomic E-state index is 13.3. The van der Waals surface area contributed by atoms with E-state index >= 15 is 0 Å². The molecule has 0 saturated carbocycles. The van der Waals surface area contributed by atoms with Crippen molar-refractivity contribution in [3.05, 3.63) is 99.1 Å². The van der Waals surface area contributed by atoms with Gasteiger partial charge in [-0.05, 0) is 64.9 Å². The SMILES string of the molecule is CNC(=O)[C@@H](Cc1ccccc1)N(Cc1ccc(C)cc1)C(=O)COc1ccc(I)cc1. The van der Waals surface area contributed by atoms with Gasteiger partial charge in [-0.25, -0.2) is 0 Å². The van der Waals surface area contributed by atoms with Crippen LogP contribution in [0.1, 0.15) is 16.7 Å². The van der Waals surface area contributed by atoms with Gasteiger partial charge in [0.1, 0.15) is 11.8 Å². The molecule has 32 heavy (non-hydrogen) atoms. The standard InChI is InChI=1S/C26H27IN2O3/c1-19-8-10-21(11-9-19)17-29(25(30)18-32-23-14-12-22(27)13-15-23)24(26(31)28-2)16-20-6-4-3-5-7-20/h3-15,24H,16-18H2,1-2H3,(H,28,31)/t24-/m1/s1. The lowest BCUT2D eigenvalue weighted by Crippen LogP contribution is -2.51. The summed E-state index contributed by atoms with van der Waals surface area (Å²) in [5.41, 5.74) is 3.09. The van der Waals surface area contributed by atoms with E-state index < -0.39 is 6.04 Å². The van der Waals surface area contributed by atoms with Crippen LogP contribution in [-0.4, -0.2) is 36.4 Å². The predicted molar refractivity (Wildman–Crippen MR) is 134 cm³/mol. The van der Waals surface area contributed by atoms with Gasteiger partial charge in [-0.1, -0.05) is 60.2 Å². The minimum absolute atomic E-state index is 0.144. The third-order valence-corrected chi connectivity index (χ3v) is 5.89. The molecule has 0 unspecified atom stereocenters. The van der Waals surface area contributed by atoms with Crippen LogP contribution >= 0.6 is 22.6 Å². The average molecular weight is 542 g/mol. The normalized spacial score (nSPS) is 11.5. The molecule has 6 heteroatoms. The molecule has 0 aromatic heterocycles. The maximum Gasteiger partial charge on any atom is 0.261 e. The Bertz CT molecular complexity index is 1020. The van der Waals surface area contributed by atoms with Crippen LogP contribution in [0.3, 0.4) is 0 Å². The topological polar surface area (TPSA) is 58.6 Å². The van der Waals surface area contributed by atoms with Crippen molar-refractivity contribution in [3.8, 4) is 5.75 Å². The number of carbonyl (C=O) groups excluding carboxylic acids is 2. The second-order valence-electron chi connectivity index (χ2n) is 7.57. The van der Waals surface area contributed by atoms with Crippen LogP contribution in [0, 0.1) is 10.5 Å². The Balaban J connectivity index is 1.85. The molecule has 1 atom stereocenters. The molecule has 2 amide bonds. The number of rotatable bonds is 9. The number of nitrogens with one attached hydrogen (secondary N) is 1. The van der Waals surface area contributed by atoms with Crippen molar-refractivity contribution >= 4 is 34.4 Å². The average Bonchev–Trinajstić information content (AvgIpc) is 2.82. The van der Waals surface area contributed by atoms with Gasteiger partial charge < -0.3 is 15.0 Å². The van der Waals surface area contributed by atoms with E-state index in [2.05, 4.69) is 27.9 Å². The fourth-order valence-electron chi connectivity index (χ4n) is 3.37. The third kappa shape index (κ3) is 6.82. The molecule has 0 heterocycles. The molecule has 166 valence electrons. The number of halogens is 1. The molecule has 3 aromatic carbocycles. The highest BCUT2D eigenvalue weighted by atomic mass is 127. The summed E-state index contributed by atoms with van der Waals surface area (Å²) in [7, 11) is 1.59. The minimum Gasteiger partial charge on any atom is -0.484 e. The molecule has 0 aliphatic heterocycles. The highest BCUT2D eigenvalue weighted by Gasteiger charge is 2.30. The van der Waals surface area contributed by atoms with Gasteiger partial charge in [-0.3, -0.25) is 9.59 Å². The second-order valence-corrected chi connectivity index (χ2v) is 8.82. The number of aryl methyl sites for hydroxylation is 1. The van der Waals surface area contributed by atoms with Crippen molar-refractivity contribution in [2.24, 2.45) is 0 Å². The Kier molecular flexibility index (Phi) is 8.67. The molecule has 0 radical (unpaired) electrons. The van der Waals surface area contributed by atoms with Crippen molar-refractivity contribution in [1.29, 1.82) is 0 Å². The zero-order valence-corrected chi connectivity index (χ0v) is 20.4. The van der Waals surface area contributed by atoms with Crippen LogP contribution in [0.4, 0.5) is 0 Å². The largest absolute Gasteiger partial charge is 0.484 e. The Morgan fingerprint density at radius 3 is 2.22 bits per heavy atom. The Morgan fingerprint density at radius 1 is 0.938 bits per heavy atom. The first-order valence-corrected chi connectivity index (χ1v) is 11.5. The van der Waals surface area contributed by atoms with Crippen molar-refractivity contribution in [1.82, 2.24) is 10.2 Å². The summed E-state index contributed by atoms with van der Waals surface area (Å²) in [6, 6.07) is 24.6. The zero-order chi connectivity index (χ0) is 22.9.